The highest BCUT2D eigenvalue weighted by molar-refractivity contribution is 5.75. The number of hydrogen-bond donors (Lipinski definition) is 3. The van der Waals surface area contributed by atoms with Crippen molar-refractivity contribution in [2.45, 2.75) is 44.1 Å². The summed E-state index contributed by atoms with van der Waals surface area (Å²) in [7, 11) is 0. The minimum atomic E-state index is -1.04. The van der Waals surface area contributed by atoms with E-state index in [1.54, 1.807) is 0 Å². The Labute approximate surface area is 158 Å². The van der Waals surface area contributed by atoms with Crippen LogP contribution in [0, 0.1) is 0 Å². The van der Waals surface area contributed by atoms with E-state index in [4.69, 9.17) is 4.74 Å². The largest absolute Gasteiger partial charge is 0.457 e. The molecule has 1 fully saturated rings. The van der Waals surface area contributed by atoms with Crippen LogP contribution in [-0.2, 0) is 22.4 Å². The van der Waals surface area contributed by atoms with E-state index in [0.29, 0.717) is 12.8 Å². The van der Waals surface area contributed by atoms with Gasteiger partial charge in [0.25, 0.3) is 0 Å². The summed E-state index contributed by atoms with van der Waals surface area (Å²) in [6.45, 7) is 1.30. The van der Waals surface area contributed by atoms with Crippen molar-refractivity contribution in [2.24, 2.45) is 0 Å². The number of hydrogen-bond acceptors (Lipinski definition) is 4. The van der Waals surface area contributed by atoms with Gasteiger partial charge in [-0.05, 0) is 24.0 Å². The van der Waals surface area contributed by atoms with Gasteiger partial charge < -0.3 is 20.5 Å². The highest BCUT2D eigenvalue weighted by atomic mass is 16.6. The lowest BCUT2D eigenvalue weighted by molar-refractivity contribution is -0.155. The molecule has 4 atom stereocenters. The SMILES string of the molecule is CC(=O)O[C@@H]1[C@@H](O)[C@@H](Cc2ccccc2)NC(=O)N[C@@H]1Cc1ccccc1. The van der Waals surface area contributed by atoms with Gasteiger partial charge in [-0.25, -0.2) is 4.79 Å². The monoisotopic (exact) mass is 368 g/mol. The summed E-state index contributed by atoms with van der Waals surface area (Å²) in [6, 6.07) is 17.7. The van der Waals surface area contributed by atoms with Crippen LogP contribution in [0.4, 0.5) is 4.79 Å². The van der Waals surface area contributed by atoms with Gasteiger partial charge in [0.2, 0.25) is 0 Å². The number of carbonyl (C=O) groups excluding carboxylic acids is 2. The maximum absolute atomic E-state index is 12.4. The zero-order chi connectivity index (χ0) is 19.2. The van der Waals surface area contributed by atoms with Crippen LogP contribution >= 0.6 is 0 Å². The molecular weight excluding hydrogens is 344 g/mol. The van der Waals surface area contributed by atoms with Crippen molar-refractivity contribution in [1.82, 2.24) is 10.6 Å². The van der Waals surface area contributed by atoms with Crippen LogP contribution in [0.1, 0.15) is 18.1 Å². The molecule has 142 valence electrons. The summed E-state index contributed by atoms with van der Waals surface area (Å²) in [5.74, 6) is -0.494. The van der Waals surface area contributed by atoms with Crippen molar-refractivity contribution in [3.8, 4) is 0 Å². The van der Waals surface area contributed by atoms with Crippen LogP contribution in [0.5, 0.6) is 0 Å². The second-order valence-electron chi connectivity index (χ2n) is 6.77. The molecule has 0 spiro atoms. The van der Waals surface area contributed by atoms with Crippen LogP contribution in [0.25, 0.3) is 0 Å². The standard InChI is InChI=1S/C21H24N2O4/c1-14(24)27-20-18(13-16-10-6-3-7-11-16)23-21(26)22-17(19(20)25)12-15-8-4-2-5-9-15/h2-11,17-20,25H,12-13H2,1H3,(H2,22,23,26)/t17-,18-,19+,20+/m1/s1. The number of ether oxygens (including phenoxy) is 1. The molecule has 0 bridgehead atoms. The van der Waals surface area contributed by atoms with Gasteiger partial charge in [0, 0.05) is 6.92 Å². The van der Waals surface area contributed by atoms with Gasteiger partial charge >= 0.3 is 12.0 Å². The fourth-order valence-electron chi connectivity index (χ4n) is 3.43. The molecule has 1 saturated heterocycles. The van der Waals surface area contributed by atoms with E-state index in [9.17, 15) is 14.7 Å². The number of benzene rings is 2. The van der Waals surface area contributed by atoms with Crippen LogP contribution in [-0.4, -0.2) is 41.4 Å². The van der Waals surface area contributed by atoms with Crippen molar-refractivity contribution in [3.63, 3.8) is 0 Å². The first-order valence-corrected chi connectivity index (χ1v) is 9.03. The van der Waals surface area contributed by atoms with Crippen molar-refractivity contribution in [3.05, 3.63) is 71.8 Å². The number of aliphatic hydroxyl groups excluding tert-OH is 1. The predicted molar refractivity (Wildman–Crippen MR) is 101 cm³/mol. The lowest BCUT2D eigenvalue weighted by atomic mass is 9.92. The molecule has 3 rings (SSSR count). The Morgan fingerprint density at radius 3 is 1.93 bits per heavy atom. The number of urea groups is 1. The summed E-state index contributed by atoms with van der Waals surface area (Å²) in [5, 5.41) is 16.6. The molecule has 0 unspecified atom stereocenters. The molecule has 3 N–H and O–H groups in total. The van der Waals surface area contributed by atoms with Crippen LogP contribution in [0.15, 0.2) is 60.7 Å². The lowest BCUT2D eigenvalue weighted by Gasteiger charge is -2.30. The summed E-state index contributed by atoms with van der Waals surface area (Å²) in [6.07, 6.45) is -1.01. The molecule has 6 nitrogen and oxygen atoms in total. The van der Waals surface area contributed by atoms with Crippen LogP contribution in [0.2, 0.25) is 0 Å². The summed E-state index contributed by atoms with van der Waals surface area (Å²) < 4.78 is 5.44. The number of nitrogens with one attached hydrogen (secondary N) is 2. The molecule has 2 aromatic rings. The fourth-order valence-corrected chi connectivity index (χ4v) is 3.43. The summed E-state index contributed by atoms with van der Waals surface area (Å²) in [4.78, 5) is 24.0. The smallest absolute Gasteiger partial charge is 0.315 e. The lowest BCUT2D eigenvalue weighted by Crippen LogP contribution is -2.51. The molecule has 27 heavy (non-hydrogen) atoms. The summed E-state index contributed by atoms with van der Waals surface area (Å²) in [5.41, 5.74) is 1.96. The topological polar surface area (TPSA) is 87.7 Å². The fraction of sp³-hybridized carbons (Fsp3) is 0.333. The van der Waals surface area contributed by atoms with Gasteiger partial charge in [0.1, 0.15) is 12.2 Å². The van der Waals surface area contributed by atoms with E-state index in [2.05, 4.69) is 10.6 Å². The Balaban J connectivity index is 1.84. The third-order valence-corrected chi connectivity index (χ3v) is 4.68. The van der Waals surface area contributed by atoms with Crippen LogP contribution in [0.3, 0.4) is 0 Å². The van der Waals surface area contributed by atoms with Gasteiger partial charge in [0.05, 0.1) is 12.1 Å². The zero-order valence-electron chi connectivity index (χ0n) is 15.2. The quantitative estimate of drug-likeness (QED) is 0.703. The molecule has 6 heteroatoms. The van der Waals surface area contributed by atoms with E-state index in [0.717, 1.165) is 11.1 Å². The number of esters is 1. The predicted octanol–water partition coefficient (Wildman–Crippen LogP) is 1.81. The van der Waals surface area contributed by atoms with Gasteiger partial charge in [-0.1, -0.05) is 60.7 Å². The highest BCUT2D eigenvalue weighted by Crippen LogP contribution is 2.19. The molecule has 0 saturated carbocycles. The Morgan fingerprint density at radius 2 is 1.41 bits per heavy atom. The molecule has 0 aliphatic carbocycles. The normalized spacial score (nSPS) is 25.0. The maximum atomic E-state index is 12.4. The van der Waals surface area contributed by atoms with Gasteiger partial charge in [0.15, 0.2) is 0 Å². The third kappa shape index (κ3) is 5.08. The Kier molecular flexibility index (Phi) is 6.08. The number of amides is 2. The highest BCUT2D eigenvalue weighted by Gasteiger charge is 2.40. The van der Waals surface area contributed by atoms with E-state index in [1.807, 2.05) is 60.7 Å². The summed E-state index contributed by atoms with van der Waals surface area (Å²) >= 11 is 0. The van der Waals surface area contributed by atoms with Crippen molar-refractivity contribution in [1.29, 1.82) is 0 Å². The first-order chi connectivity index (χ1) is 13.0. The zero-order valence-corrected chi connectivity index (χ0v) is 15.2. The van der Waals surface area contributed by atoms with Gasteiger partial charge in [-0.2, -0.15) is 0 Å². The van der Waals surface area contributed by atoms with E-state index in [1.165, 1.54) is 6.92 Å². The molecular formula is C21H24N2O4. The Bertz CT molecular complexity index is 766. The van der Waals surface area contributed by atoms with Crippen LogP contribution < -0.4 is 10.6 Å². The number of aliphatic hydroxyl groups is 1. The van der Waals surface area contributed by atoms with Crippen molar-refractivity contribution in [2.75, 3.05) is 0 Å². The molecule has 1 heterocycles. The number of carbonyl (C=O) groups is 2. The average molecular weight is 368 g/mol. The first-order valence-electron chi connectivity index (χ1n) is 9.03. The van der Waals surface area contributed by atoms with Gasteiger partial charge in [-0.15, -0.1) is 0 Å². The minimum Gasteiger partial charge on any atom is -0.457 e. The van der Waals surface area contributed by atoms with E-state index in [-0.39, 0.29) is 6.03 Å². The Hall–Kier alpha value is -2.86. The Morgan fingerprint density at radius 1 is 0.926 bits per heavy atom. The molecule has 2 amide bonds. The van der Waals surface area contributed by atoms with Gasteiger partial charge in [-0.3, -0.25) is 4.79 Å². The average Bonchev–Trinajstić information content (AvgIpc) is 2.75. The minimum absolute atomic E-state index is 0.384. The van der Waals surface area contributed by atoms with Crippen molar-refractivity contribution < 1.29 is 19.4 Å². The second-order valence-corrected chi connectivity index (χ2v) is 6.77. The number of rotatable bonds is 5. The molecule has 1 aliphatic rings. The second kappa shape index (κ2) is 8.68. The van der Waals surface area contributed by atoms with Crippen molar-refractivity contribution >= 4 is 12.0 Å². The third-order valence-electron chi connectivity index (χ3n) is 4.68. The molecule has 0 aromatic heterocycles. The molecule has 2 aromatic carbocycles. The molecule has 0 radical (unpaired) electrons. The molecule has 1 aliphatic heterocycles. The van der Waals surface area contributed by atoms with E-state index < -0.39 is 30.3 Å². The maximum Gasteiger partial charge on any atom is 0.315 e. The van der Waals surface area contributed by atoms with E-state index >= 15 is 0 Å². The first kappa shape index (κ1) is 18.9.